The summed E-state index contributed by atoms with van der Waals surface area (Å²) in [5, 5.41) is 27.5. The molecule has 5 heterocycles. The van der Waals surface area contributed by atoms with Gasteiger partial charge in [0.25, 0.3) is 25.7 Å². The maximum absolute atomic E-state index is 16.4. The Labute approximate surface area is 564 Å². The highest BCUT2D eigenvalue weighted by atomic mass is 32.7. The van der Waals surface area contributed by atoms with Gasteiger partial charge in [0.2, 0.25) is 11.9 Å². The van der Waals surface area contributed by atoms with Crippen molar-refractivity contribution >= 4 is 67.1 Å². The molecule has 2 aliphatic rings. The van der Waals surface area contributed by atoms with Crippen LogP contribution < -0.4 is 31.4 Å². The molecule has 2 saturated heterocycles. The Morgan fingerprint density at radius 1 is 0.804 bits per heavy atom. The molecule has 0 bridgehead atoms. The summed E-state index contributed by atoms with van der Waals surface area (Å²) >= 11 is 0.675. The predicted molar refractivity (Wildman–Crippen MR) is 363 cm³/mol. The van der Waals surface area contributed by atoms with Crippen LogP contribution in [0.4, 0.5) is 17.5 Å². The number of carbonyl (C=O) groups excluding carboxylic acids is 2. The number of para-hydroxylation sites is 1. The van der Waals surface area contributed by atoms with Gasteiger partial charge in [-0.1, -0.05) is 105 Å². The molecule has 2 amide bonds. The number of nitro benzene ring substituents is 1. The van der Waals surface area contributed by atoms with E-state index in [4.69, 9.17) is 41.8 Å². The highest BCUT2D eigenvalue weighted by Crippen LogP contribution is 2.65. The highest BCUT2D eigenvalue weighted by Gasteiger charge is 2.48. The average molecular weight is 1380 g/mol. The molecule has 8 atom stereocenters. The third-order valence-electron chi connectivity index (χ3n) is 16.0. The first-order chi connectivity index (χ1) is 46.7. The summed E-state index contributed by atoms with van der Waals surface area (Å²) in [6.07, 6.45) is -4.12. The molecule has 30 heteroatoms. The first-order valence-corrected chi connectivity index (χ1v) is 35.5. The van der Waals surface area contributed by atoms with Gasteiger partial charge < -0.3 is 38.0 Å². The van der Waals surface area contributed by atoms with E-state index >= 15 is 4.57 Å². The van der Waals surface area contributed by atoms with Gasteiger partial charge in [-0.3, -0.25) is 53.0 Å². The summed E-state index contributed by atoms with van der Waals surface area (Å²) in [6, 6.07) is 41.9. The number of carbonyl (C=O) groups is 2. The van der Waals surface area contributed by atoms with Crippen molar-refractivity contribution in [2.45, 2.75) is 121 Å². The minimum Gasteiger partial charge on any atom is -0.497 e. The Balaban J connectivity index is 1.05. The molecule has 0 spiro atoms. The van der Waals surface area contributed by atoms with E-state index in [0.717, 1.165) is 0 Å². The maximum Gasteiger partial charge on any atom is 0.389 e. The van der Waals surface area contributed by atoms with Gasteiger partial charge in [-0.2, -0.15) is 15.2 Å². The zero-order chi connectivity index (χ0) is 69.0. The zero-order valence-corrected chi connectivity index (χ0v) is 57.1. The Bertz CT molecular complexity index is 4180. The fourth-order valence-corrected chi connectivity index (χ4v) is 16.5. The number of aromatic nitrogens is 6. The van der Waals surface area contributed by atoms with Crippen molar-refractivity contribution in [1.82, 2.24) is 33.7 Å². The molecule has 0 aliphatic carbocycles. The van der Waals surface area contributed by atoms with E-state index in [1.807, 2.05) is 111 Å². The standard InChI is InChI=1S/C67H75N11O16P2S/c1-42(2)62(79)73-65-72-61-60(64(81)74-65)69-41-76(61)59-37-54(55(91-59)38-88-67(47-21-13-10-14-22-47,48-24-28-50(86-7)29-25-48)49-26-30-51(87-8)31-27-49)94-96(85,97-40-46-20-15-16-23-52(46)78(83)84)90-39-56-53(93-95(89-35-17-33-68)77(43(3)4)44(5)6)36-58(92-56)75-34-32-57(71-66(75)82)70-63(80)45-18-11-9-12-19-45/h9-16,18-32,34,41-44,53-56,58-59H,17,35-40H2,1-8H3,(H,70,71,80,82)(H2,72,73,74,79,81)/t53-,54-,55+,56+,58+,59+,95?,96?/m0/s1. The van der Waals surface area contributed by atoms with Crippen LogP contribution in [0.2, 0.25) is 0 Å². The summed E-state index contributed by atoms with van der Waals surface area (Å²) in [6.45, 7) is 5.66. The van der Waals surface area contributed by atoms with Gasteiger partial charge in [-0.15, -0.1) is 0 Å². The minimum absolute atomic E-state index is 0.0143. The zero-order valence-electron chi connectivity index (χ0n) is 54.5. The smallest absolute Gasteiger partial charge is 0.389 e. The van der Waals surface area contributed by atoms with Crippen molar-refractivity contribution in [1.29, 1.82) is 5.26 Å². The molecular formula is C67H75N11O16P2S. The number of rotatable bonds is 31. The maximum atomic E-state index is 16.4. The van der Waals surface area contributed by atoms with Crippen LogP contribution in [-0.4, -0.2) is 121 Å². The number of amides is 2. The number of hydrogen-bond donors (Lipinski definition) is 3. The van der Waals surface area contributed by atoms with Gasteiger partial charge in [0, 0.05) is 60.0 Å². The highest BCUT2D eigenvalue weighted by molar-refractivity contribution is 8.54. The summed E-state index contributed by atoms with van der Waals surface area (Å²) in [5.74, 6) is -0.661. The van der Waals surface area contributed by atoms with Gasteiger partial charge >= 0.3 is 12.5 Å². The van der Waals surface area contributed by atoms with E-state index in [2.05, 4.69) is 36.6 Å². The van der Waals surface area contributed by atoms with E-state index in [1.54, 1.807) is 64.5 Å². The number of anilines is 2. The van der Waals surface area contributed by atoms with Crippen LogP contribution in [0.1, 0.15) is 106 Å². The monoisotopic (exact) mass is 1380 g/mol. The molecule has 510 valence electrons. The topological polar surface area (TPSA) is 327 Å². The lowest BCUT2D eigenvalue weighted by atomic mass is 9.80. The van der Waals surface area contributed by atoms with Crippen LogP contribution >= 0.6 is 26.7 Å². The summed E-state index contributed by atoms with van der Waals surface area (Å²) in [4.78, 5) is 81.7. The molecule has 8 aromatic rings. The molecular weight excluding hydrogens is 1310 g/mol. The number of nitriles is 1. The van der Waals surface area contributed by atoms with Crippen molar-refractivity contribution in [3.8, 4) is 17.6 Å². The molecule has 2 unspecified atom stereocenters. The number of imidazole rings is 1. The predicted octanol–water partition coefficient (Wildman–Crippen LogP) is 11.8. The van der Waals surface area contributed by atoms with Crippen molar-refractivity contribution < 1.29 is 60.9 Å². The first kappa shape index (κ1) is 71.2. The molecule has 97 heavy (non-hydrogen) atoms. The normalized spacial score (nSPS) is 18.9. The third kappa shape index (κ3) is 16.9. The van der Waals surface area contributed by atoms with Gasteiger partial charge in [-0.25, -0.2) is 19.0 Å². The van der Waals surface area contributed by atoms with Crippen LogP contribution in [0.25, 0.3) is 11.2 Å². The van der Waals surface area contributed by atoms with Gasteiger partial charge in [0.15, 0.2) is 11.2 Å². The average Bonchev–Trinajstić information content (AvgIpc) is 1.75. The molecule has 2 fully saturated rings. The van der Waals surface area contributed by atoms with Gasteiger partial charge in [0.1, 0.15) is 53.7 Å². The molecule has 10 rings (SSSR count). The molecule has 3 N–H and O–H groups in total. The van der Waals surface area contributed by atoms with Crippen molar-refractivity contribution in [2.24, 2.45) is 5.92 Å². The van der Waals surface area contributed by atoms with Crippen LogP contribution in [-0.2, 0) is 53.0 Å². The number of nitrogens with one attached hydrogen (secondary N) is 3. The van der Waals surface area contributed by atoms with Crippen LogP contribution in [0, 0.1) is 27.4 Å². The summed E-state index contributed by atoms with van der Waals surface area (Å²) < 4.78 is 80.4. The molecule has 27 nitrogen and oxygen atoms in total. The molecule has 5 aromatic carbocycles. The SMILES string of the molecule is COc1ccc(C(OC[C@H]2O[C@@H](n3cnc4c(=O)[nH]c(NC(=O)C(C)C)nc43)C[C@@H]2OP(=O)(OC[C@H]2O[C@@H](n3ccc(NC(=O)c4ccccc4)nc3=O)C[C@@H]2OP(OCCC#N)N(C(C)C)C(C)C)SCc2ccccc2[N+](=O)[O-])(c2ccccc2)c2ccc(OC)cc2)cc1. The van der Waals surface area contributed by atoms with Gasteiger partial charge in [-0.05, 0) is 98.2 Å². The number of fused-ring (bicyclic) bond motifs is 1. The van der Waals surface area contributed by atoms with Crippen molar-refractivity contribution in [2.75, 3.05) is 44.7 Å². The van der Waals surface area contributed by atoms with Crippen LogP contribution in [0.5, 0.6) is 11.5 Å². The Hall–Kier alpha value is -8.55. The van der Waals surface area contributed by atoms with Crippen molar-refractivity contribution in [3.05, 3.63) is 211 Å². The van der Waals surface area contributed by atoms with Gasteiger partial charge in [0.05, 0.1) is 63.9 Å². The minimum atomic E-state index is -4.74. The summed E-state index contributed by atoms with van der Waals surface area (Å²) in [7, 11) is 1.15. The number of nitro groups is 1. The molecule has 3 aromatic heterocycles. The van der Waals surface area contributed by atoms with Crippen molar-refractivity contribution in [3.63, 3.8) is 0 Å². The summed E-state index contributed by atoms with van der Waals surface area (Å²) in [5.41, 5.74) is -0.606. The Kier molecular flexibility index (Phi) is 23.7. The van der Waals surface area contributed by atoms with E-state index < -0.39 is 98.3 Å². The number of benzene rings is 5. The fourth-order valence-electron chi connectivity index (χ4n) is 11.3. The first-order valence-electron chi connectivity index (χ1n) is 31.3. The second kappa shape index (κ2) is 32.2. The van der Waals surface area contributed by atoms with E-state index in [-0.39, 0.29) is 84.5 Å². The Morgan fingerprint density at radius 2 is 1.40 bits per heavy atom. The van der Waals surface area contributed by atoms with E-state index in [9.17, 15) is 34.6 Å². The number of aromatic amines is 1. The fraction of sp³-hybridized carbons (Fsp3) is 0.373. The number of methoxy groups -OCH3 is 2. The van der Waals surface area contributed by atoms with Crippen LogP contribution in [0.3, 0.4) is 0 Å². The van der Waals surface area contributed by atoms with Crippen LogP contribution in [0.15, 0.2) is 162 Å². The third-order valence-corrected chi connectivity index (χ3v) is 21.9. The Morgan fingerprint density at radius 3 is 2.01 bits per heavy atom. The second-order valence-corrected chi connectivity index (χ2v) is 28.9. The number of H-pyrrole nitrogens is 1. The number of hydrogen-bond acceptors (Lipinski definition) is 22. The number of ether oxygens (including phenoxy) is 5. The molecule has 0 saturated carbocycles. The lowest BCUT2D eigenvalue weighted by Crippen LogP contribution is -2.38. The van der Waals surface area contributed by atoms with E-state index in [0.29, 0.717) is 45.1 Å². The molecule has 0 radical (unpaired) electrons. The lowest BCUT2D eigenvalue weighted by Gasteiger charge is -2.37. The number of nitrogens with zero attached hydrogens (tertiary/aromatic N) is 8. The van der Waals surface area contributed by atoms with E-state index in [1.165, 1.54) is 45.9 Å². The quantitative estimate of drug-likeness (QED) is 0.0119. The largest absolute Gasteiger partial charge is 0.497 e. The lowest BCUT2D eigenvalue weighted by molar-refractivity contribution is -0.385. The second-order valence-electron chi connectivity index (χ2n) is 23.5. The molecule has 2 aliphatic heterocycles.